The summed E-state index contributed by atoms with van der Waals surface area (Å²) in [6, 6.07) is 0. The summed E-state index contributed by atoms with van der Waals surface area (Å²) in [5.74, 6) is -0.315. The smallest absolute Gasteiger partial charge is 0.411 e. The quantitative estimate of drug-likeness (QED) is 0.245. The maximum atomic E-state index is 13.1. The average molecular weight is 448 g/mol. The number of rotatable bonds is 6. The fraction of sp³-hybridized carbons (Fsp3) is 0.810. The molecule has 1 saturated heterocycles. The molecule has 29 heavy (non-hydrogen) atoms. The summed E-state index contributed by atoms with van der Waals surface area (Å²) in [6.07, 6.45) is -0.335. The van der Waals surface area contributed by atoms with E-state index in [0.29, 0.717) is 12.0 Å². The Bertz CT molecular complexity index is 638. The Kier molecular flexibility index (Phi) is 8.05. The zero-order chi connectivity index (χ0) is 22.8. The van der Waals surface area contributed by atoms with E-state index in [2.05, 4.69) is 40.4 Å². The number of amides is 1. The molecule has 0 radical (unpaired) electrons. The van der Waals surface area contributed by atoms with Gasteiger partial charge in [-0.2, -0.15) is 0 Å². The van der Waals surface area contributed by atoms with Gasteiger partial charge in [0.15, 0.2) is 8.32 Å². The van der Waals surface area contributed by atoms with Gasteiger partial charge in [0.1, 0.15) is 11.1 Å². The highest BCUT2D eigenvalue weighted by Gasteiger charge is 2.57. The molecule has 6 nitrogen and oxygen atoms in total. The minimum atomic E-state index is -2.12. The highest BCUT2D eigenvalue weighted by atomic mass is 35.5. The third-order valence-corrected chi connectivity index (χ3v) is 10.6. The average Bonchev–Trinajstić information content (AvgIpc) is 2.89. The summed E-state index contributed by atoms with van der Waals surface area (Å²) in [4.78, 5) is 27.5. The predicted molar refractivity (Wildman–Crippen MR) is 119 cm³/mol. The Morgan fingerprint density at radius 1 is 1.21 bits per heavy atom. The molecule has 1 heterocycles. The summed E-state index contributed by atoms with van der Waals surface area (Å²) in [5, 5.41) is -0.000000433. The van der Waals surface area contributed by atoms with Crippen LogP contribution in [-0.2, 0) is 18.7 Å². The molecule has 1 rings (SSSR count). The molecule has 168 valence electrons. The third-order valence-electron chi connectivity index (χ3n) is 5.65. The van der Waals surface area contributed by atoms with Crippen molar-refractivity contribution in [1.29, 1.82) is 0 Å². The fourth-order valence-electron chi connectivity index (χ4n) is 3.25. The molecule has 0 spiro atoms. The summed E-state index contributed by atoms with van der Waals surface area (Å²) in [7, 11) is -0.794. The van der Waals surface area contributed by atoms with Crippen LogP contribution in [0.25, 0.3) is 0 Å². The van der Waals surface area contributed by atoms with Gasteiger partial charge >= 0.3 is 12.1 Å². The van der Waals surface area contributed by atoms with Gasteiger partial charge in [-0.05, 0) is 38.9 Å². The first kappa shape index (κ1) is 26.0. The molecule has 0 N–H and O–H groups in total. The third kappa shape index (κ3) is 6.21. The van der Waals surface area contributed by atoms with Gasteiger partial charge in [0.2, 0.25) is 0 Å². The minimum Gasteiger partial charge on any atom is -0.467 e. The van der Waals surface area contributed by atoms with Crippen molar-refractivity contribution in [2.75, 3.05) is 19.5 Å². The van der Waals surface area contributed by atoms with Crippen molar-refractivity contribution in [3.05, 3.63) is 12.2 Å². The van der Waals surface area contributed by atoms with Crippen molar-refractivity contribution in [2.24, 2.45) is 0 Å². The molecule has 0 saturated carbocycles. The van der Waals surface area contributed by atoms with Crippen LogP contribution in [0.3, 0.4) is 0 Å². The monoisotopic (exact) mass is 447 g/mol. The summed E-state index contributed by atoms with van der Waals surface area (Å²) in [6.45, 7) is 20.4. The molecule has 0 aromatic heterocycles. The maximum Gasteiger partial charge on any atom is 0.411 e. The van der Waals surface area contributed by atoms with Crippen molar-refractivity contribution in [3.8, 4) is 0 Å². The van der Waals surface area contributed by atoms with Crippen molar-refractivity contribution < 1.29 is 23.5 Å². The lowest BCUT2D eigenvalue weighted by Gasteiger charge is -2.38. The number of halogens is 1. The molecular weight excluding hydrogens is 410 g/mol. The van der Waals surface area contributed by atoms with Gasteiger partial charge in [-0.15, -0.1) is 11.6 Å². The summed E-state index contributed by atoms with van der Waals surface area (Å²) >= 11 is 5.97. The number of nitrogens with zero attached hydrogens (tertiary/aromatic N) is 1. The summed E-state index contributed by atoms with van der Waals surface area (Å²) in [5.41, 5.74) is -1.28. The predicted octanol–water partition coefficient (Wildman–Crippen LogP) is 5.11. The number of alkyl halides is 1. The maximum absolute atomic E-state index is 13.1. The number of likely N-dealkylation sites (tertiary alicyclic amines) is 1. The zero-order valence-corrected chi connectivity index (χ0v) is 21.2. The van der Waals surface area contributed by atoms with Crippen LogP contribution in [0, 0.1) is 0 Å². The van der Waals surface area contributed by atoms with Gasteiger partial charge < -0.3 is 13.9 Å². The Balaban J connectivity index is 3.35. The molecule has 1 aliphatic heterocycles. The molecule has 1 amide bonds. The van der Waals surface area contributed by atoms with Crippen molar-refractivity contribution >= 4 is 32.0 Å². The molecule has 0 aromatic carbocycles. The minimum absolute atomic E-state index is 0.000000433. The highest BCUT2D eigenvalue weighted by Crippen LogP contribution is 2.43. The van der Waals surface area contributed by atoms with E-state index in [1.807, 2.05) is 0 Å². The second-order valence-corrected chi connectivity index (χ2v) is 15.4. The van der Waals surface area contributed by atoms with E-state index in [9.17, 15) is 9.59 Å². The van der Waals surface area contributed by atoms with E-state index in [1.165, 1.54) is 12.0 Å². The van der Waals surface area contributed by atoms with E-state index < -0.39 is 31.5 Å². The standard InChI is InChI=1S/C21H38ClNO5Si/c1-15(13-22)11-21(17(24)26-8)12-16(28-29(9,10)20(5,6)7)14-23(21)18(25)27-19(2,3)4/h16H,1,11-14H2,2-10H3/t16?,21-/m1/s1. The van der Waals surface area contributed by atoms with E-state index >= 15 is 0 Å². The van der Waals surface area contributed by atoms with Gasteiger partial charge in [-0.25, -0.2) is 9.59 Å². The first-order chi connectivity index (χ1) is 13.0. The highest BCUT2D eigenvalue weighted by molar-refractivity contribution is 6.74. The van der Waals surface area contributed by atoms with Crippen LogP contribution < -0.4 is 0 Å². The van der Waals surface area contributed by atoms with Crippen LogP contribution in [-0.4, -0.2) is 62.1 Å². The number of ether oxygens (including phenoxy) is 2. The SMILES string of the molecule is C=C(CCl)C[C@]1(C(=O)OC)CC(O[Si](C)(C)C(C)(C)C)CN1C(=O)OC(C)(C)C. The first-order valence-corrected chi connectivity index (χ1v) is 13.4. The molecule has 2 atom stereocenters. The zero-order valence-electron chi connectivity index (χ0n) is 19.5. The van der Waals surface area contributed by atoms with Crippen molar-refractivity contribution in [3.63, 3.8) is 0 Å². The van der Waals surface area contributed by atoms with E-state index in [1.54, 1.807) is 20.8 Å². The second-order valence-electron chi connectivity index (χ2n) is 10.4. The first-order valence-electron chi connectivity index (χ1n) is 9.98. The van der Waals surface area contributed by atoms with Crippen LogP contribution in [0.5, 0.6) is 0 Å². The lowest BCUT2D eigenvalue weighted by atomic mass is 9.88. The van der Waals surface area contributed by atoms with Gasteiger partial charge in [0.05, 0.1) is 19.8 Å². The Labute approximate surface area is 182 Å². The van der Waals surface area contributed by atoms with Crippen LogP contribution >= 0.6 is 11.6 Å². The molecular formula is C21H38ClNO5Si. The van der Waals surface area contributed by atoms with Crippen molar-refractivity contribution in [2.45, 2.75) is 89.8 Å². The molecule has 0 aliphatic carbocycles. The topological polar surface area (TPSA) is 65.1 Å². The molecule has 1 aliphatic rings. The lowest BCUT2D eigenvalue weighted by Crippen LogP contribution is -2.55. The number of hydrogen-bond acceptors (Lipinski definition) is 5. The summed E-state index contributed by atoms with van der Waals surface area (Å²) < 4.78 is 17.3. The van der Waals surface area contributed by atoms with Crippen LogP contribution in [0.1, 0.15) is 54.4 Å². The Morgan fingerprint density at radius 2 is 1.76 bits per heavy atom. The van der Waals surface area contributed by atoms with Gasteiger partial charge in [-0.1, -0.05) is 32.9 Å². The molecule has 0 aromatic rings. The van der Waals surface area contributed by atoms with Gasteiger partial charge in [0.25, 0.3) is 0 Å². The number of methoxy groups -OCH3 is 1. The van der Waals surface area contributed by atoms with Crippen LogP contribution in [0.2, 0.25) is 18.1 Å². The van der Waals surface area contributed by atoms with E-state index in [4.69, 9.17) is 25.5 Å². The van der Waals surface area contributed by atoms with Crippen LogP contribution in [0.15, 0.2) is 12.2 Å². The number of carbonyl (C=O) groups excluding carboxylic acids is 2. The lowest BCUT2D eigenvalue weighted by molar-refractivity contribution is -0.153. The number of carbonyl (C=O) groups is 2. The number of esters is 1. The Hall–Kier alpha value is -1.05. The molecule has 0 bridgehead atoms. The van der Waals surface area contributed by atoms with Gasteiger partial charge in [0, 0.05) is 18.7 Å². The largest absolute Gasteiger partial charge is 0.467 e. The van der Waals surface area contributed by atoms with E-state index in [0.717, 1.165) is 0 Å². The Morgan fingerprint density at radius 3 is 2.17 bits per heavy atom. The van der Waals surface area contributed by atoms with Gasteiger partial charge in [-0.3, -0.25) is 4.90 Å². The molecule has 8 heteroatoms. The van der Waals surface area contributed by atoms with E-state index in [-0.39, 0.29) is 30.0 Å². The molecule has 1 unspecified atom stereocenters. The van der Waals surface area contributed by atoms with Crippen LogP contribution in [0.4, 0.5) is 4.79 Å². The molecule has 1 fully saturated rings. The normalized spacial score (nSPS) is 23.1. The fourth-order valence-corrected chi connectivity index (χ4v) is 4.69. The second kappa shape index (κ2) is 8.98. The number of hydrogen-bond donors (Lipinski definition) is 0. The van der Waals surface area contributed by atoms with Crippen molar-refractivity contribution in [1.82, 2.24) is 4.90 Å².